The Balaban J connectivity index is 0.00000192. The van der Waals surface area contributed by atoms with Gasteiger partial charge in [0.1, 0.15) is 5.82 Å². The molecule has 0 saturated carbocycles. The van der Waals surface area contributed by atoms with Crippen molar-refractivity contribution in [1.29, 1.82) is 0 Å². The first kappa shape index (κ1) is 17.6. The van der Waals surface area contributed by atoms with E-state index in [0.717, 1.165) is 27.6 Å². The summed E-state index contributed by atoms with van der Waals surface area (Å²) in [5, 5.41) is 5.36. The highest BCUT2D eigenvalue weighted by atomic mass is 35.5. The Morgan fingerprint density at radius 3 is 2.43 bits per heavy atom. The van der Waals surface area contributed by atoms with Gasteiger partial charge in [-0.05, 0) is 68.7 Å². The lowest BCUT2D eigenvalue weighted by Crippen LogP contribution is -1.98. The van der Waals surface area contributed by atoms with Crippen molar-refractivity contribution in [3.8, 4) is 0 Å². The van der Waals surface area contributed by atoms with Crippen LogP contribution >= 0.6 is 24.0 Å². The number of rotatable bonds is 2. The largest absolute Gasteiger partial charge is 0.340 e. The fourth-order valence-corrected chi connectivity index (χ4v) is 2.96. The molecule has 0 spiro atoms. The lowest BCUT2D eigenvalue weighted by Gasteiger charge is -2.13. The summed E-state index contributed by atoms with van der Waals surface area (Å²) in [4.78, 5) is 4.79. The molecule has 0 aliphatic carbocycles. The Morgan fingerprint density at radius 2 is 1.70 bits per heavy atom. The minimum Gasteiger partial charge on any atom is -0.340 e. The molecule has 1 heterocycles. The maximum absolute atomic E-state index is 6.19. The van der Waals surface area contributed by atoms with Crippen LogP contribution in [0, 0.1) is 27.7 Å². The number of halogens is 2. The van der Waals surface area contributed by atoms with Crippen LogP contribution in [0.15, 0.2) is 36.4 Å². The van der Waals surface area contributed by atoms with Gasteiger partial charge < -0.3 is 5.32 Å². The second kappa shape index (κ2) is 6.77. The van der Waals surface area contributed by atoms with Gasteiger partial charge in [-0.25, -0.2) is 4.98 Å². The summed E-state index contributed by atoms with van der Waals surface area (Å²) in [7, 11) is 0. The lowest BCUT2D eigenvalue weighted by atomic mass is 10.0. The summed E-state index contributed by atoms with van der Waals surface area (Å²) in [5.74, 6) is 0.849. The van der Waals surface area contributed by atoms with Crippen LogP contribution in [0.5, 0.6) is 0 Å². The monoisotopic (exact) mass is 346 g/mol. The number of pyridine rings is 1. The Morgan fingerprint density at radius 1 is 0.957 bits per heavy atom. The zero-order valence-corrected chi connectivity index (χ0v) is 15.3. The Hall–Kier alpha value is -1.77. The van der Waals surface area contributed by atoms with Crippen molar-refractivity contribution in [3.63, 3.8) is 0 Å². The fraction of sp³-hybridized carbons (Fsp3) is 0.211. The maximum atomic E-state index is 6.19. The van der Waals surface area contributed by atoms with Crippen molar-refractivity contribution >= 4 is 46.4 Å². The molecule has 0 amide bonds. The SMILES string of the molecule is Cc1cc(C)c2nc(Nc3cccc(Cl)c3C)cc(C)c2c1.Cl. The van der Waals surface area contributed by atoms with Crippen molar-refractivity contribution < 1.29 is 0 Å². The van der Waals surface area contributed by atoms with Gasteiger partial charge in [0.25, 0.3) is 0 Å². The molecule has 0 bridgehead atoms. The van der Waals surface area contributed by atoms with Crippen molar-refractivity contribution in [3.05, 3.63) is 63.7 Å². The van der Waals surface area contributed by atoms with E-state index in [0.29, 0.717) is 0 Å². The molecule has 0 aliphatic rings. The molecule has 120 valence electrons. The van der Waals surface area contributed by atoms with Crippen LogP contribution in [0.2, 0.25) is 5.02 Å². The summed E-state index contributed by atoms with van der Waals surface area (Å²) >= 11 is 6.19. The number of nitrogens with one attached hydrogen (secondary N) is 1. The molecule has 0 unspecified atom stereocenters. The number of benzene rings is 2. The van der Waals surface area contributed by atoms with Gasteiger partial charge >= 0.3 is 0 Å². The van der Waals surface area contributed by atoms with E-state index in [-0.39, 0.29) is 12.4 Å². The molecule has 0 aliphatic heterocycles. The van der Waals surface area contributed by atoms with Crippen LogP contribution in [0.1, 0.15) is 22.3 Å². The van der Waals surface area contributed by atoms with E-state index in [1.54, 1.807) is 0 Å². The average Bonchev–Trinajstić information content (AvgIpc) is 2.45. The van der Waals surface area contributed by atoms with Gasteiger partial charge in [-0.2, -0.15) is 0 Å². The van der Waals surface area contributed by atoms with Crippen LogP contribution in [0.4, 0.5) is 11.5 Å². The van der Waals surface area contributed by atoms with E-state index in [1.165, 1.54) is 22.1 Å². The number of fused-ring (bicyclic) bond motifs is 1. The van der Waals surface area contributed by atoms with E-state index < -0.39 is 0 Å². The minimum absolute atomic E-state index is 0. The molecule has 3 rings (SSSR count). The van der Waals surface area contributed by atoms with Gasteiger partial charge in [0.15, 0.2) is 0 Å². The van der Waals surface area contributed by atoms with E-state index in [1.807, 2.05) is 25.1 Å². The van der Waals surface area contributed by atoms with Gasteiger partial charge in [-0.15, -0.1) is 12.4 Å². The van der Waals surface area contributed by atoms with Crippen LogP contribution < -0.4 is 5.32 Å². The molecule has 23 heavy (non-hydrogen) atoms. The molecule has 2 aromatic carbocycles. The van der Waals surface area contributed by atoms with Gasteiger partial charge in [0.2, 0.25) is 0 Å². The van der Waals surface area contributed by atoms with Crippen LogP contribution in [-0.4, -0.2) is 4.98 Å². The first-order valence-corrected chi connectivity index (χ1v) is 7.74. The van der Waals surface area contributed by atoms with E-state index in [4.69, 9.17) is 16.6 Å². The number of hydrogen-bond donors (Lipinski definition) is 1. The number of aryl methyl sites for hydroxylation is 3. The normalized spacial score (nSPS) is 10.5. The predicted molar refractivity (Wildman–Crippen MR) is 103 cm³/mol. The Bertz CT molecular complexity index is 873. The molecule has 0 atom stereocenters. The quantitative estimate of drug-likeness (QED) is 0.589. The zero-order valence-electron chi connectivity index (χ0n) is 13.7. The molecule has 4 heteroatoms. The zero-order chi connectivity index (χ0) is 15.9. The fourth-order valence-electron chi connectivity index (χ4n) is 2.79. The second-order valence-corrected chi connectivity index (χ2v) is 6.25. The first-order valence-electron chi connectivity index (χ1n) is 7.36. The molecule has 1 aromatic heterocycles. The van der Waals surface area contributed by atoms with Crippen molar-refractivity contribution in [2.24, 2.45) is 0 Å². The number of nitrogens with zero attached hydrogens (tertiary/aromatic N) is 1. The highest BCUT2D eigenvalue weighted by Crippen LogP contribution is 2.29. The molecular weight excluding hydrogens is 327 g/mol. The Labute approximate surface area is 148 Å². The molecule has 1 N–H and O–H groups in total. The van der Waals surface area contributed by atoms with E-state index in [2.05, 4.69) is 44.3 Å². The first-order chi connectivity index (χ1) is 10.5. The van der Waals surface area contributed by atoms with Gasteiger partial charge in [0.05, 0.1) is 5.52 Å². The smallest absolute Gasteiger partial charge is 0.131 e. The summed E-state index contributed by atoms with van der Waals surface area (Å²) in [6, 6.07) is 12.3. The number of aromatic nitrogens is 1. The van der Waals surface area contributed by atoms with Gasteiger partial charge in [-0.1, -0.05) is 29.3 Å². The van der Waals surface area contributed by atoms with Crippen LogP contribution in [0.3, 0.4) is 0 Å². The molecule has 0 radical (unpaired) electrons. The van der Waals surface area contributed by atoms with Crippen LogP contribution in [-0.2, 0) is 0 Å². The maximum Gasteiger partial charge on any atom is 0.131 e. The van der Waals surface area contributed by atoms with Crippen molar-refractivity contribution in [1.82, 2.24) is 4.98 Å². The predicted octanol–water partition coefficient (Wildman–Crippen LogP) is 6.29. The summed E-state index contributed by atoms with van der Waals surface area (Å²) in [6.07, 6.45) is 0. The van der Waals surface area contributed by atoms with E-state index >= 15 is 0 Å². The van der Waals surface area contributed by atoms with Crippen molar-refractivity contribution in [2.75, 3.05) is 5.32 Å². The molecule has 0 saturated heterocycles. The highest BCUT2D eigenvalue weighted by molar-refractivity contribution is 6.31. The highest BCUT2D eigenvalue weighted by Gasteiger charge is 2.08. The standard InChI is InChI=1S/C19H19ClN2.ClH/c1-11-8-13(3)19-15(9-11)12(2)10-18(22-19)21-17-7-5-6-16(20)14(17)4;/h5-10H,1-4H3,(H,21,22);1H. The summed E-state index contributed by atoms with van der Waals surface area (Å²) < 4.78 is 0. The third-order valence-corrected chi connectivity index (χ3v) is 4.40. The van der Waals surface area contributed by atoms with Crippen molar-refractivity contribution in [2.45, 2.75) is 27.7 Å². The minimum atomic E-state index is 0. The average molecular weight is 347 g/mol. The van der Waals surface area contributed by atoms with Gasteiger partial charge in [-0.3, -0.25) is 0 Å². The summed E-state index contributed by atoms with van der Waals surface area (Å²) in [5.41, 5.74) is 6.76. The topological polar surface area (TPSA) is 24.9 Å². The number of hydrogen-bond acceptors (Lipinski definition) is 2. The lowest BCUT2D eigenvalue weighted by molar-refractivity contribution is 1.29. The third-order valence-electron chi connectivity index (χ3n) is 3.99. The third kappa shape index (κ3) is 3.44. The molecule has 3 aromatic rings. The Kier molecular flexibility index (Phi) is 5.18. The molecule has 2 nitrogen and oxygen atoms in total. The molecule has 0 fully saturated rings. The van der Waals surface area contributed by atoms with Gasteiger partial charge in [0, 0.05) is 16.1 Å². The van der Waals surface area contributed by atoms with Crippen LogP contribution in [0.25, 0.3) is 10.9 Å². The molecular formula is C19H20Cl2N2. The summed E-state index contributed by atoms with van der Waals surface area (Å²) in [6.45, 7) is 8.36. The van der Waals surface area contributed by atoms with E-state index in [9.17, 15) is 0 Å². The second-order valence-electron chi connectivity index (χ2n) is 5.84. The number of anilines is 2.